The van der Waals surface area contributed by atoms with Gasteiger partial charge < -0.3 is 10.6 Å². The zero-order valence-corrected chi connectivity index (χ0v) is 15.4. The number of rotatable bonds is 4. The molecular formula is C15H23ClIN3. The SMILES string of the molecule is CN(C(N)=NCC(C)(C)c1ccccc1Cl)C1CC1.I. The van der Waals surface area contributed by atoms with E-state index in [4.69, 9.17) is 17.3 Å². The van der Waals surface area contributed by atoms with E-state index in [2.05, 4.69) is 29.8 Å². The molecule has 1 aliphatic carbocycles. The van der Waals surface area contributed by atoms with Crippen molar-refractivity contribution in [2.45, 2.75) is 38.1 Å². The van der Waals surface area contributed by atoms with Crippen LogP contribution in [-0.2, 0) is 5.41 Å². The van der Waals surface area contributed by atoms with Crippen molar-refractivity contribution >= 4 is 41.5 Å². The molecule has 1 saturated carbocycles. The smallest absolute Gasteiger partial charge is 0.191 e. The van der Waals surface area contributed by atoms with Gasteiger partial charge in [0.2, 0.25) is 0 Å². The van der Waals surface area contributed by atoms with Gasteiger partial charge in [-0.3, -0.25) is 4.99 Å². The summed E-state index contributed by atoms with van der Waals surface area (Å²) >= 11 is 6.26. The molecule has 0 saturated heterocycles. The standard InChI is InChI=1S/C15H22ClN3.HI/c1-15(2,12-6-4-5-7-13(12)16)10-18-14(17)19(3)11-8-9-11;/h4-7,11H,8-10H2,1-3H3,(H2,17,18);1H. The Morgan fingerprint density at radius 3 is 2.55 bits per heavy atom. The number of guanidine groups is 1. The van der Waals surface area contributed by atoms with E-state index in [1.54, 1.807) is 0 Å². The maximum atomic E-state index is 6.26. The van der Waals surface area contributed by atoms with Crippen LogP contribution in [0.5, 0.6) is 0 Å². The van der Waals surface area contributed by atoms with Crippen LogP contribution in [-0.4, -0.2) is 30.5 Å². The fraction of sp³-hybridized carbons (Fsp3) is 0.533. The third-order valence-corrected chi connectivity index (χ3v) is 4.02. The second-order valence-corrected chi connectivity index (χ2v) is 6.29. The van der Waals surface area contributed by atoms with E-state index in [1.165, 1.54) is 12.8 Å². The molecule has 0 radical (unpaired) electrons. The molecule has 1 fully saturated rings. The van der Waals surface area contributed by atoms with Gasteiger partial charge in [0.05, 0.1) is 6.54 Å². The van der Waals surface area contributed by atoms with Crippen molar-refractivity contribution in [2.24, 2.45) is 10.7 Å². The third kappa shape index (κ3) is 4.25. The monoisotopic (exact) mass is 407 g/mol. The quantitative estimate of drug-likeness (QED) is 0.470. The minimum atomic E-state index is -0.118. The summed E-state index contributed by atoms with van der Waals surface area (Å²) in [7, 11) is 2.01. The van der Waals surface area contributed by atoms with Crippen LogP contribution in [0.15, 0.2) is 29.3 Å². The Morgan fingerprint density at radius 2 is 2.00 bits per heavy atom. The van der Waals surface area contributed by atoms with Crippen LogP contribution >= 0.6 is 35.6 Å². The van der Waals surface area contributed by atoms with E-state index in [-0.39, 0.29) is 29.4 Å². The molecule has 0 spiro atoms. The molecule has 1 aromatic carbocycles. The van der Waals surface area contributed by atoms with Crippen molar-refractivity contribution in [1.29, 1.82) is 0 Å². The molecule has 112 valence electrons. The molecule has 20 heavy (non-hydrogen) atoms. The maximum absolute atomic E-state index is 6.26. The number of hydrogen-bond acceptors (Lipinski definition) is 1. The Labute approximate surface area is 143 Å². The van der Waals surface area contributed by atoms with E-state index in [9.17, 15) is 0 Å². The highest BCUT2D eigenvalue weighted by Gasteiger charge is 2.28. The van der Waals surface area contributed by atoms with Crippen molar-refractivity contribution in [3.05, 3.63) is 34.9 Å². The Balaban J connectivity index is 0.00000200. The largest absolute Gasteiger partial charge is 0.370 e. The molecule has 0 bridgehead atoms. The van der Waals surface area contributed by atoms with E-state index in [1.807, 2.05) is 25.2 Å². The molecule has 0 aromatic heterocycles. The molecule has 2 rings (SSSR count). The molecule has 1 aliphatic rings. The molecule has 0 atom stereocenters. The van der Waals surface area contributed by atoms with Crippen molar-refractivity contribution in [2.75, 3.05) is 13.6 Å². The van der Waals surface area contributed by atoms with Gasteiger partial charge in [0.1, 0.15) is 0 Å². The topological polar surface area (TPSA) is 41.6 Å². The lowest BCUT2D eigenvalue weighted by Crippen LogP contribution is -2.37. The van der Waals surface area contributed by atoms with Gasteiger partial charge in [-0.05, 0) is 24.5 Å². The van der Waals surface area contributed by atoms with Crippen LogP contribution in [0.25, 0.3) is 0 Å². The van der Waals surface area contributed by atoms with Crippen LogP contribution in [0.3, 0.4) is 0 Å². The summed E-state index contributed by atoms with van der Waals surface area (Å²) in [4.78, 5) is 6.61. The summed E-state index contributed by atoms with van der Waals surface area (Å²) in [5.41, 5.74) is 7.02. The second kappa shape index (κ2) is 6.98. The van der Waals surface area contributed by atoms with Gasteiger partial charge in [-0.25, -0.2) is 0 Å². The fourth-order valence-electron chi connectivity index (χ4n) is 2.13. The average Bonchev–Trinajstić information content (AvgIpc) is 3.19. The first-order valence-corrected chi connectivity index (χ1v) is 7.07. The zero-order valence-electron chi connectivity index (χ0n) is 12.3. The molecule has 1 aromatic rings. The van der Waals surface area contributed by atoms with Gasteiger partial charge in [0.15, 0.2) is 5.96 Å². The summed E-state index contributed by atoms with van der Waals surface area (Å²) in [5.74, 6) is 0.627. The number of nitrogens with two attached hydrogens (primary N) is 1. The molecule has 0 aliphatic heterocycles. The number of nitrogens with zero attached hydrogens (tertiary/aromatic N) is 2. The molecule has 2 N–H and O–H groups in total. The van der Waals surface area contributed by atoms with E-state index >= 15 is 0 Å². The second-order valence-electron chi connectivity index (χ2n) is 5.88. The number of aliphatic imine (C=N–C) groups is 1. The maximum Gasteiger partial charge on any atom is 0.191 e. The Hall–Kier alpha value is -0.490. The lowest BCUT2D eigenvalue weighted by molar-refractivity contribution is 0.476. The molecule has 0 heterocycles. The Bertz CT molecular complexity index is 484. The number of hydrogen-bond donors (Lipinski definition) is 1. The minimum absolute atomic E-state index is 0. The van der Waals surface area contributed by atoms with Crippen LogP contribution in [0.2, 0.25) is 5.02 Å². The van der Waals surface area contributed by atoms with Gasteiger partial charge in [-0.15, -0.1) is 24.0 Å². The van der Waals surface area contributed by atoms with Crippen LogP contribution in [0.1, 0.15) is 32.3 Å². The molecule has 5 heteroatoms. The highest BCUT2D eigenvalue weighted by molar-refractivity contribution is 14.0. The first-order valence-electron chi connectivity index (χ1n) is 6.69. The fourth-order valence-corrected chi connectivity index (χ4v) is 2.53. The summed E-state index contributed by atoms with van der Waals surface area (Å²) in [6.45, 7) is 4.92. The van der Waals surface area contributed by atoms with Crippen LogP contribution < -0.4 is 5.73 Å². The third-order valence-electron chi connectivity index (χ3n) is 3.70. The van der Waals surface area contributed by atoms with Gasteiger partial charge in [-0.1, -0.05) is 43.6 Å². The summed E-state index contributed by atoms with van der Waals surface area (Å²) in [5, 5.41) is 0.789. The van der Waals surface area contributed by atoms with E-state index < -0.39 is 0 Å². The van der Waals surface area contributed by atoms with Crippen LogP contribution in [0, 0.1) is 0 Å². The number of benzene rings is 1. The first-order chi connectivity index (χ1) is 8.92. The normalized spacial score (nSPS) is 15.7. The summed E-state index contributed by atoms with van der Waals surface area (Å²) in [6.07, 6.45) is 2.45. The first kappa shape index (κ1) is 17.6. The van der Waals surface area contributed by atoms with E-state index in [0.29, 0.717) is 18.5 Å². The molecule has 0 amide bonds. The lowest BCUT2D eigenvalue weighted by Gasteiger charge is -2.25. The van der Waals surface area contributed by atoms with Gasteiger partial charge in [-0.2, -0.15) is 0 Å². The van der Waals surface area contributed by atoms with Crippen molar-refractivity contribution in [3.63, 3.8) is 0 Å². The van der Waals surface area contributed by atoms with Crippen molar-refractivity contribution in [1.82, 2.24) is 4.90 Å². The lowest BCUT2D eigenvalue weighted by atomic mass is 9.85. The van der Waals surface area contributed by atoms with Crippen molar-refractivity contribution < 1.29 is 0 Å². The Kier molecular flexibility index (Phi) is 6.13. The van der Waals surface area contributed by atoms with Gasteiger partial charge >= 0.3 is 0 Å². The Morgan fingerprint density at radius 1 is 1.40 bits per heavy atom. The predicted octanol–water partition coefficient (Wildman–Crippen LogP) is 3.64. The number of halogens is 2. The zero-order chi connectivity index (χ0) is 14.0. The minimum Gasteiger partial charge on any atom is -0.370 e. The molecular weight excluding hydrogens is 385 g/mol. The highest BCUT2D eigenvalue weighted by atomic mass is 127. The predicted molar refractivity (Wildman–Crippen MR) is 97.2 cm³/mol. The van der Waals surface area contributed by atoms with Crippen molar-refractivity contribution in [3.8, 4) is 0 Å². The average molecular weight is 408 g/mol. The summed E-state index contributed by atoms with van der Waals surface area (Å²) < 4.78 is 0. The van der Waals surface area contributed by atoms with Gasteiger partial charge in [0.25, 0.3) is 0 Å². The molecule has 3 nitrogen and oxygen atoms in total. The summed E-state index contributed by atoms with van der Waals surface area (Å²) in [6, 6.07) is 8.51. The highest BCUT2D eigenvalue weighted by Crippen LogP contribution is 2.30. The van der Waals surface area contributed by atoms with E-state index in [0.717, 1.165) is 10.6 Å². The van der Waals surface area contributed by atoms with Gasteiger partial charge in [0, 0.05) is 23.5 Å². The molecule has 0 unspecified atom stereocenters. The van der Waals surface area contributed by atoms with Crippen LogP contribution in [0.4, 0.5) is 0 Å².